The third kappa shape index (κ3) is 4.35. The Labute approximate surface area is 201 Å². The molecule has 35 heavy (non-hydrogen) atoms. The zero-order valence-electron chi connectivity index (χ0n) is 20.6. The van der Waals surface area contributed by atoms with Crippen LogP contribution in [0.15, 0.2) is 18.7 Å². The summed E-state index contributed by atoms with van der Waals surface area (Å²) in [6.45, 7) is 10.0. The summed E-state index contributed by atoms with van der Waals surface area (Å²) in [4.78, 5) is 25.3. The molecule has 0 radical (unpaired) electrons. The van der Waals surface area contributed by atoms with Crippen LogP contribution >= 0.6 is 0 Å². The SMILES string of the molecule is CNC(=O)c1cnn(-c2nc(N)c3ncn([C@@H]4O[C@H](COC(C)(C)C)[C@@H]5OC(C)(C)OC54)c3n2)c1. The molecule has 188 valence electrons. The van der Waals surface area contributed by atoms with Crippen LogP contribution in [0.3, 0.4) is 0 Å². The molecule has 0 bridgehead atoms. The molecule has 3 aromatic heterocycles. The van der Waals surface area contributed by atoms with Gasteiger partial charge in [0.1, 0.15) is 23.8 Å². The summed E-state index contributed by atoms with van der Waals surface area (Å²) in [5.41, 5.74) is 7.10. The van der Waals surface area contributed by atoms with Crippen molar-refractivity contribution in [3.8, 4) is 5.95 Å². The average molecular weight is 487 g/mol. The van der Waals surface area contributed by atoms with Crippen molar-refractivity contribution in [2.75, 3.05) is 19.4 Å². The van der Waals surface area contributed by atoms with Crippen molar-refractivity contribution in [2.45, 2.75) is 70.5 Å². The zero-order chi connectivity index (χ0) is 25.1. The molecule has 0 spiro atoms. The smallest absolute Gasteiger partial charge is 0.254 e. The summed E-state index contributed by atoms with van der Waals surface area (Å²) >= 11 is 0. The van der Waals surface area contributed by atoms with Crippen molar-refractivity contribution in [3.05, 3.63) is 24.3 Å². The molecule has 5 heterocycles. The molecular weight excluding hydrogens is 456 g/mol. The predicted octanol–water partition coefficient (Wildman–Crippen LogP) is 1.19. The topological polar surface area (TPSA) is 153 Å². The number of aromatic nitrogens is 6. The molecule has 2 aliphatic heterocycles. The normalized spacial score (nSPS) is 25.8. The molecule has 0 saturated carbocycles. The van der Waals surface area contributed by atoms with Crippen LogP contribution in [0.1, 0.15) is 51.2 Å². The van der Waals surface area contributed by atoms with Gasteiger partial charge in [0.05, 0.1) is 30.3 Å². The van der Waals surface area contributed by atoms with Crippen molar-refractivity contribution < 1.29 is 23.7 Å². The maximum atomic E-state index is 11.9. The molecule has 3 N–H and O–H groups in total. The van der Waals surface area contributed by atoms with E-state index in [0.29, 0.717) is 23.3 Å². The lowest BCUT2D eigenvalue weighted by Gasteiger charge is -2.27. The van der Waals surface area contributed by atoms with Gasteiger partial charge >= 0.3 is 0 Å². The van der Waals surface area contributed by atoms with Gasteiger partial charge in [-0.25, -0.2) is 9.67 Å². The van der Waals surface area contributed by atoms with Gasteiger partial charge < -0.3 is 30.0 Å². The fourth-order valence-corrected chi connectivity index (χ4v) is 4.26. The van der Waals surface area contributed by atoms with Crippen molar-refractivity contribution in [3.63, 3.8) is 0 Å². The zero-order valence-corrected chi connectivity index (χ0v) is 20.6. The number of nitrogens with zero attached hydrogens (tertiary/aromatic N) is 6. The molecule has 0 aromatic carbocycles. The van der Waals surface area contributed by atoms with Crippen LogP contribution < -0.4 is 11.1 Å². The van der Waals surface area contributed by atoms with Gasteiger partial charge in [-0.3, -0.25) is 9.36 Å². The number of ether oxygens (including phenoxy) is 4. The number of anilines is 1. The fraction of sp³-hybridized carbons (Fsp3) is 0.591. The van der Waals surface area contributed by atoms with Gasteiger partial charge in [-0.2, -0.15) is 15.1 Å². The summed E-state index contributed by atoms with van der Waals surface area (Å²) in [5, 5.41) is 6.76. The van der Waals surface area contributed by atoms with Crippen molar-refractivity contribution in [1.29, 1.82) is 0 Å². The van der Waals surface area contributed by atoms with Crippen molar-refractivity contribution in [2.24, 2.45) is 0 Å². The molecule has 0 aliphatic carbocycles. The number of nitrogens with two attached hydrogens (primary N) is 1. The van der Waals surface area contributed by atoms with Crippen LogP contribution in [0.2, 0.25) is 0 Å². The van der Waals surface area contributed by atoms with Crippen LogP contribution in [0.4, 0.5) is 5.82 Å². The van der Waals surface area contributed by atoms with E-state index in [1.54, 1.807) is 17.9 Å². The highest BCUT2D eigenvalue weighted by atomic mass is 16.8. The van der Waals surface area contributed by atoms with Gasteiger partial charge in [-0.1, -0.05) is 0 Å². The number of nitrogen functional groups attached to an aromatic ring is 1. The molecule has 3 aromatic rings. The number of fused-ring (bicyclic) bond motifs is 2. The number of imidazole rings is 1. The Morgan fingerprint density at radius 1 is 1.26 bits per heavy atom. The van der Waals surface area contributed by atoms with Gasteiger partial charge in [0.2, 0.25) is 0 Å². The minimum absolute atomic E-state index is 0.173. The summed E-state index contributed by atoms with van der Waals surface area (Å²) < 4.78 is 27.9. The van der Waals surface area contributed by atoms with Crippen molar-refractivity contribution in [1.82, 2.24) is 34.6 Å². The van der Waals surface area contributed by atoms with E-state index in [2.05, 4.69) is 25.4 Å². The Morgan fingerprint density at radius 2 is 2.00 bits per heavy atom. The van der Waals surface area contributed by atoms with E-state index in [9.17, 15) is 4.79 Å². The molecule has 2 fully saturated rings. The molecule has 2 aliphatic rings. The second-order valence-electron chi connectivity index (χ2n) is 10.0. The van der Waals surface area contributed by atoms with Crippen LogP contribution in [0.5, 0.6) is 0 Å². The maximum Gasteiger partial charge on any atom is 0.254 e. The third-order valence-corrected chi connectivity index (χ3v) is 5.79. The van der Waals surface area contributed by atoms with Gasteiger partial charge in [-0.15, -0.1) is 0 Å². The quantitative estimate of drug-likeness (QED) is 0.537. The fourth-order valence-electron chi connectivity index (χ4n) is 4.26. The number of carbonyl (C=O) groups is 1. The van der Waals surface area contributed by atoms with Crippen molar-refractivity contribution >= 4 is 22.9 Å². The van der Waals surface area contributed by atoms with E-state index in [0.717, 1.165) is 0 Å². The largest absolute Gasteiger partial charge is 0.382 e. The lowest BCUT2D eigenvalue weighted by atomic mass is 10.1. The van der Waals surface area contributed by atoms with Crippen LogP contribution in [0.25, 0.3) is 17.1 Å². The number of hydrogen-bond acceptors (Lipinski definition) is 10. The minimum atomic E-state index is -0.780. The molecule has 4 atom stereocenters. The molecule has 1 amide bonds. The number of rotatable bonds is 5. The number of hydrogen-bond donors (Lipinski definition) is 2. The molecule has 13 heteroatoms. The Balaban J connectivity index is 1.51. The monoisotopic (exact) mass is 486 g/mol. The minimum Gasteiger partial charge on any atom is -0.382 e. The molecule has 1 unspecified atom stereocenters. The highest BCUT2D eigenvalue weighted by molar-refractivity contribution is 5.93. The summed E-state index contributed by atoms with van der Waals surface area (Å²) in [6, 6.07) is 0. The Morgan fingerprint density at radius 3 is 2.71 bits per heavy atom. The Bertz CT molecular complexity index is 1260. The standard InChI is InChI=1S/C22H30N8O5/c1-21(2,3)32-9-12-14-15(35-22(4,5)34-14)19(33-12)29-10-25-13-16(23)27-20(28-17(13)29)30-8-11(7-26-30)18(31)24-6/h7-8,10,12,14-15,19H,9H2,1-6H3,(H,24,31)(H2,23,27,28)/t12-,14+,15?,19-/m1/s1. The first-order chi connectivity index (χ1) is 16.5. The van der Waals surface area contributed by atoms with Gasteiger partial charge in [0.25, 0.3) is 11.9 Å². The van der Waals surface area contributed by atoms with E-state index in [4.69, 9.17) is 24.7 Å². The summed E-state index contributed by atoms with van der Waals surface area (Å²) in [5.74, 6) is -0.687. The van der Waals surface area contributed by atoms with Gasteiger partial charge in [0, 0.05) is 13.2 Å². The lowest BCUT2D eigenvalue weighted by molar-refractivity contribution is -0.205. The van der Waals surface area contributed by atoms with E-state index < -0.39 is 18.1 Å². The second-order valence-corrected chi connectivity index (χ2v) is 10.0. The number of amides is 1. The van der Waals surface area contributed by atoms with Gasteiger partial charge in [0.15, 0.2) is 23.5 Å². The lowest BCUT2D eigenvalue weighted by Crippen LogP contribution is -2.35. The highest BCUT2D eigenvalue weighted by Gasteiger charge is 2.56. The number of carbonyl (C=O) groups excluding carboxylic acids is 1. The second kappa shape index (κ2) is 8.22. The predicted molar refractivity (Wildman–Crippen MR) is 124 cm³/mol. The summed E-state index contributed by atoms with van der Waals surface area (Å²) in [7, 11) is 1.55. The van der Waals surface area contributed by atoms with E-state index in [1.807, 2.05) is 34.6 Å². The average Bonchev–Trinajstić information content (AvgIpc) is 3.53. The molecule has 13 nitrogen and oxygen atoms in total. The first kappa shape index (κ1) is 23.6. The Hall–Kier alpha value is -3.13. The van der Waals surface area contributed by atoms with E-state index >= 15 is 0 Å². The first-order valence-corrected chi connectivity index (χ1v) is 11.4. The molecule has 2 saturated heterocycles. The Kier molecular flexibility index (Phi) is 5.55. The van der Waals surface area contributed by atoms with E-state index in [-0.39, 0.29) is 35.5 Å². The van der Waals surface area contributed by atoms with Crippen LogP contribution in [0, 0.1) is 0 Å². The number of nitrogens with one attached hydrogen (secondary N) is 1. The molecular formula is C22H30N8O5. The third-order valence-electron chi connectivity index (χ3n) is 5.79. The molecule has 5 rings (SSSR count). The highest BCUT2D eigenvalue weighted by Crippen LogP contribution is 2.44. The van der Waals surface area contributed by atoms with Crippen LogP contribution in [-0.4, -0.2) is 78.6 Å². The van der Waals surface area contributed by atoms with Crippen LogP contribution in [-0.2, 0) is 18.9 Å². The summed E-state index contributed by atoms with van der Waals surface area (Å²) in [6.07, 6.45) is 2.86. The first-order valence-electron chi connectivity index (χ1n) is 11.4. The van der Waals surface area contributed by atoms with E-state index in [1.165, 1.54) is 17.1 Å². The van der Waals surface area contributed by atoms with Gasteiger partial charge in [-0.05, 0) is 34.6 Å². The maximum absolute atomic E-state index is 11.9.